The Kier molecular flexibility index (Phi) is 7.79. The summed E-state index contributed by atoms with van der Waals surface area (Å²) in [7, 11) is -7.76. The molecule has 0 saturated heterocycles. The number of nitrogens with two attached hydrogens (primary N) is 1. The Morgan fingerprint density at radius 3 is 2.38 bits per heavy atom. The molecule has 9 nitrogen and oxygen atoms in total. The van der Waals surface area contributed by atoms with Crippen LogP contribution in [0.4, 0.5) is 0 Å². The van der Waals surface area contributed by atoms with Gasteiger partial charge in [-0.3, -0.25) is 4.79 Å². The second kappa shape index (κ2) is 10.9. The highest BCUT2D eigenvalue weighted by Crippen LogP contribution is 2.20. The number of hydrogen-bond donors (Lipinski definition) is 4. The SMILES string of the molecule is Cc1cccc(S(=O)(=O)N[C@@H](Cc2c[nH]c3ccccc23)C(=O)NCCc2ccc(S(N)(=O)=O)cc2)c1. The zero-order chi connectivity index (χ0) is 26.6. The van der Waals surface area contributed by atoms with Gasteiger partial charge in [0, 0.05) is 23.6 Å². The Balaban J connectivity index is 1.51. The zero-order valence-electron chi connectivity index (χ0n) is 20.1. The first-order valence-electron chi connectivity index (χ1n) is 11.6. The van der Waals surface area contributed by atoms with E-state index < -0.39 is 32.0 Å². The number of benzene rings is 3. The van der Waals surface area contributed by atoms with Crippen molar-refractivity contribution in [3.05, 3.63) is 95.7 Å². The number of rotatable bonds is 10. The minimum absolute atomic E-state index is 0.00429. The summed E-state index contributed by atoms with van der Waals surface area (Å²) in [6.07, 6.45) is 2.34. The number of nitrogens with one attached hydrogen (secondary N) is 3. The van der Waals surface area contributed by atoms with Gasteiger partial charge in [0.15, 0.2) is 0 Å². The fraction of sp³-hybridized carbons (Fsp3) is 0.192. The molecule has 5 N–H and O–H groups in total. The van der Waals surface area contributed by atoms with Crippen molar-refractivity contribution in [3.63, 3.8) is 0 Å². The molecular weight excluding hydrogens is 512 g/mol. The van der Waals surface area contributed by atoms with Gasteiger partial charge < -0.3 is 10.3 Å². The van der Waals surface area contributed by atoms with E-state index in [1.54, 1.807) is 43.5 Å². The third-order valence-corrected chi connectivity index (χ3v) is 8.38. The number of hydrogen-bond acceptors (Lipinski definition) is 5. The fourth-order valence-electron chi connectivity index (χ4n) is 4.05. The molecule has 0 aliphatic carbocycles. The van der Waals surface area contributed by atoms with E-state index in [1.807, 2.05) is 24.3 Å². The van der Waals surface area contributed by atoms with E-state index in [0.29, 0.717) is 6.42 Å². The molecule has 1 heterocycles. The lowest BCUT2D eigenvalue weighted by atomic mass is 10.0. The average Bonchev–Trinajstić information content (AvgIpc) is 3.26. The number of aromatic amines is 1. The van der Waals surface area contributed by atoms with Gasteiger partial charge in [0.1, 0.15) is 6.04 Å². The van der Waals surface area contributed by atoms with E-state index in [9.17, 15) is 21.6 Å². The van der Waals surface area contributed by atoms with Crippen LogP contribution in [0.1, 0.15) is 16.7 Å². The molecule has 0 unspecified atom stereocenters. The van der Waals surface area contributed by atoms with Gasteiger partial charge in [-0.2, -0.15) is 4.72 Å². The Labute approximate surface area is 216 Å². The molecule has 0 aliphatic heterocycles. The van der Waals surface area contributed by atoms with Crippen molar-refractivity contribution < 1.29 is 21.6 Å². The number of aryl methyl sites for hydroxylation is 1. The van der Waals surface area contributed by atoms with E-state index in [1.165, 1.54) is 18.2 Å². The largest absolute Gasteiger partial charge is 0.361 e. The van der Waals surface area contributed by atoms with Gasteiger partial charge in [-0.25, -0.2) is 22.0 Å². The normalized spacial score (nSPS) is 12.9. The van der Waals surface area contributed by atoms with Crippen molar-refractivity contribution in [1.29, 1.82) is 0 Å². The van der Waals surface area contributed by atoms with Crippen LogP contribution in [-0.2, 0) is 37.7 Å². The van der Waals surface area contributed by atoms with Gasteiger partial charge in [-0.05, 0) is 66.8 Å². The van der Waals surface area contributed by atoms with E-state index in [4.69, 9.17) is 5.14 Å². The molecule has 1 atom stereocenters. The maximum absolute atomic E-state index is 13.2. The minimum atomic E-state index is -3.97. The quantitative estimate of drug-likeness (QED) is 0.243. The molecule has 0 spiro atoms. The molecule has 0 radical (unpaired) electrons. The van der Waals surface area contributed by atoms with Crippen LogP contribution in [-0.4, -0.2) is 40.3 Å². The number of aromatic nitrogens is 1. The highest BCUT2D eigenvalue weighted by Gasteiger charge is 2.27. The molecule has 0 fully saturated rings. The molecule has 4 aromatic rings. The molecular formula is C26H28N4O5S2. The van der Waals surface area contributed by atoms with E-state index in [2.05, 4.69) is 15.0 Å². The number of primary sulfonamides is 1. The first-order valence-corrected chi connectivity index (χ1v) is 14.6. The number of carbonyl (C=O) groups excluding carboxylic acids is 1. The zero-order valence-corrected chi connectivity index (χ0v) is 21.8. The van der Waals surface area contributed by atoms with Crippen LogP contribution in [0.25, 0.3) is 10.9 Å². The molecule has 1 aromatic heterocycles. The van der Waals surface area contributed by atoms with Crippen molar-refractivity contribution in [3.8, 4) is 0 Å². The second-order valence-electron chi connectivity index (χ2n) is 8.78. The lowest BCUT2D eigenvalue weighted by Gasteiger charge is -2.19. The van der Waals surface area contributed by atoms with Crippen molar-refractivity contribution >= 4 is 36.9 Å². The molecule has 3 aromatic carbocycles. The summed E-state index contributed by atoms with van der Waals surface area (Å²) in [6.45, 7) is 2.02. The van der Waals surface area contributed by atoms with Crippen LogP contribution in [0.15, 0.2) is 88.8 Å². The minimum Gasteiger partial charge on any atom is -0.361 e. The maximum Gasteiger partial charge on any atom is 0.241 e. The van der Waals surface area contributed by atoms with Crippen molar-refractivity contribution in [2.45, 2.75) is 35.6 Å². The van der Waals surface area contributed by atoms with Crippen LogP contribution in [0.2, 0.25) is 0 Å². The Morgan fingerprint density at radius 2 is 1.68 bits per heavy atom. The highest BCUT2D eigenvalue weighted by molar-refractivity contribution is 7.89. The van der Waals surface area contributed by atoms with Crippen molar-refractivity contribution in [2.75, 3.05) is 6.54 Å². The number of para-hydroxylation sites is 1. The van der Waals surface area contributed by atoms with Crippen molar-refractivity contribution in [1.82, 2.24) is 15.0 Å². The Hall–Kier alpha value is -3.51. The first kappa shape index (κ1) is 26.6. The standard InChI is InChI=1S/C26H28N4O5S2/c1-18-5-4-6-22(15-18)37(34,35)30-25(16-20-17-29-24-8-3-2-7-23(20)24)26(31)28-14-13-19-9-11-21(12-10-19)36(27,32)33/h2-12,15,17,25,29-30H,13-14,16H2,1H3,(H,28,31)(H2,27,32,33)/t25-/m0/s1. The highest BCUT2D eigenvalue weighted by atomic mass is 32.2. The Bertz CT molecular complexity index is 1630. The summed E-state index contributed by atoms with van der Waals surface area (Å²) in [4.78, 5) is 16.5. The van der Waals surface area contributed by atoms with Crippen LogP contribution in [0.5, 0.6) is 0 Å². The molecule has 0 aliphatic rings. The summed E-state index contributed by atoms with van der Waals surface area (Å²) in [5.74, 6) is -0.470. The summed E-state index contributed by atoms with van der Waals surface area (Å²) in [5, 5.41) is 8.84. The molecule has 0 bridgehead atoms. The molecule has 0 saturated carbocycles. The molecule has 4 rings (SSSR count). The lowest BCUT2D eigenvalue weighted by Crippen LogP contribution is -2.48. The smallest absolute Gasteiger partial charge is 0.241 e. The summed E-state index contributed by atoms with van der Waals surface area (Å²) in [5.41, 5.74) is 3.28. The predicted molar refractivity (Wildman–Crippen MR) is 142 cm³/mol. The number of sulfonamides is 2. The predicted octanol–water partition coefficient (Wildman–Crippen LogP) is 2.37. The van der Waals surface area contributed by atoms with Gasteiger partial charge in [0.05, 0.1) is 9.79 Å². The number of amides is 1. The van der Waals surface area contributed by atoms with Gasteiger partial charge >= 0.3 is 0 Å². The topological polar surface area (TPSA) is 151 Å². The lowest BCUT2D eigenvalue weighted by molar-refractivity contribution is -0.122. The van der Waals surface area contributed by atoms with E-state index in [0.717, 1.165) is 27.6 Å². The van der Waals surface area contributed by atoms with Gasteiger partial charge in [0.2, 0.25) is 26.0 Å². The number of carbonyl (C=O) groups is 1. The summed E-state index contributed by atoms with van der Waals surface area (Å²) >= 11 is 0. The maximum atomic E-state index is 13.2. The van der Waals surface area contributed by atoms with Gasteiger partial charge in [-0.15, -0.1) is 0 Å². The van der Waals surface area contributed by atoms with E-state index in [-0.39, 0.29) is 22.8 Å². The summed E-state index contributed by atoms with van der Waals surface area (Å²) in [6, 6.07) is 19.1. The molecule has 11 heteroatoms. The fourth-order valence-corrected chi connectivity index (χ4v) is 5.86. The van der Waals surface area contributed by atoms with Crippen LogP contribution < -0.4 is 15.2 Å². The number of H-pyrrole nitrogens is 1. The van der Waals surface area contributed by atoms with Crippen LogP contribution >= 0.6 is 0 Å². The molecule has 37 heavy (non-hydrogen) atoms. The monoisotopic (exact) mass is 540 g/mol. The first-order chi connectivity index (χ1) is 17.5. The molecule has 1 amide bonds. The average molecular weight is 541 g/mol. The third kappa shape index (κ3) is 6.63. The third-order valence-electron chi connectivity index (χ3n) is 5.98. The Morgan fingerprint density at radius 1 is 0.946 bits per heavy atom. The van der Waals surface area contributed by atoms with E-state index >= 15 is 0 Å². The van der Waals surface area contributed by atoms with Gasteiger partial charge in [0.25, 0.3) is 0 Å². The summed E-state index contributed by atoms with van der Waals surface area (Å²) < 4.78 is 51.7. The molecule has 194 valence electrons. The van der Waals surface area contributed by atoms with Gasteiger partial charge in [-0.1, -0.05) is 42.5 Å². The van der Waals surface area contributed by atoms with Crippen LogP contribution in [0.3, 0.4) is 0 Å². The van der Waals surface area contributed by atoms with Crippen LogP contribution in [0, 0.1) is 6.92 Å². The van der Waals surface area contributed by atoms with Crippen molar-refractivity contribution in [2.24, 2.45) is 5.14 Å². The number of fused-ring (bicyclic) bond motifs is 1. The second-order valence-corrected chi connectivity index (χ2v) is 12.1.